The molecule has 2 saturated heterocycles. The third-order valence-electron chi connectivity index (χ3n) is 5.22. The van der Waals surface area contributed by atoms with Crippen molar-refractivity contribution in [2.24, 2.45) is 0 Å². The van der Waals surface area contributed by atoms with Crippen molar-refractivity contribution in [2.45, 2.75) is 44.7 Å². The summed E-state index contributed by atoms with van der Waals surface area (Å²) in [5.74, 6) is -1.15. The van der Waals surface area contributed by atoms with Crippen molar-refractivity contribution < 1.29 is 18.3 Å². The third-order valence-corrected chi connectivity index (χ3v) is 5.22. The molecule has 1 aromatic carbocycles. The van der Waals surface area contributed by atoms with Crippen molar-refractivity contribution >= 4 is 5.91 Å². The number of piperazine rings is 1. The number of amides is 1. The Kier molecular flexibility index (Phi) is 6.02. The first-order valence-corrected chi connectivity index (χ1v) is 9.13. The molecule has 1 amide bonds. The van der Waals surface area contributed by atoms with E-state index in [4.69, 9.17) is 4.74 Å². The summed E-state index contributed by atoms with van der Waals surface area (Å²) in [7, 11) is 0. The molecule has 0 aliphatic carbocycles. The molecule has 2 heterocycles. The number of carbonyl (C=O) groups excluding carboxylic acids is 1. The Bertz CT molecular complexity index is 609. The molecule has 0 aromatic heterocycles. The van der Waals surface area contributed by atoms with Crippen molar-refractivity contribution in [1.29, 1.82) is 0 Å². The first kappa shape index (κ1) is 18.3. The van der Waals surface area contributed by atoms with E-state index in [-0.39, 0.29) is 18.4 Å². The average molecular weight is 352 g/mol. The molecule has 0 unspecified atom stereocenters. The van der Waals surface area contributed by atoms with Crippen LogP contribution >= 0.6 is 0 Å². The second kappa shape index (κ2) is 8.23. The molecule has 2 aliphatic rings. The van der Waals surface area contributed by atoms with Crippen molar-refractivity contribution in [1.82, 2.24) is 9.80 Å². The van der Waals surface area contributed by atoms with Crippen LogP contribution in [0.5, 0.6) is 0 Å². The molecule has 2 atom stereocenters. The molecule has 2 aliphatic heterocycles. The molecule has 1 aromatic rings. The van der Waals surface area contributed by atoms with E-state index in [2.05, 4.69) is 11.8 Å². The van der Waals surface area contributed by atoms with E-state index in [1.807, 2.05) is 4.90 Å². The highest BCUT2D eigenvalue weighted by atomic mass is 19.1. The van der Waals surface area contributed by atoms with E-state index in [1.165, 1.54) is 12.1 Å². The minimum atomic E-state index is -0.595. The van der Waals surface area contributed by atoms with Crippen LogP contribution in [0.15, 0.2) is 18.2 Å². The molecule has 0 spiro atoms. The molecule has 2 fully saturated rings. The highest BCUT2D eigenvalue weighted by molar-refractivity contribution is 5.76. The zero-order valence-corrected chi connectivity index (χ0v) is 14.7. The molecule has 0 saturated carbocycles. The maximum absolute atomic E-state index is 13.7. The minimum Gasteiger partial charge on any atom is -0.378 e. The van der Waals surface area contributed by atoms with E-state index in [1.54, 1.807) is 0 Å². The molecule has 0 N–H and O–H groups in total. The van der Waals surface area contributed by atoms with E-state index in [9.17, 15) is 13.6 Å². The van der Waals surface area contributed by atoms with Gasteiger partial charge in [-0.1, -0.05) is 19.4 Å². The summed E-state index contributed by atoms with van der Waals surface area (Å²) in [6, 6.07) is 4.22. The van der Waals surface area contributed by atoms with Crippen LogP contribution in [0.25, 0.3) is 0 Å². The molecule has 4 nitrogen and oxygen atoms in total. The van der Waals surface area contributed by atoms with Crippen LogP contribution in [0, 0.1) is 11.6 Å². The fourth-order valence-corrected chi connectivity index (χ4v) is 3.87. The lowest BCUT2D eigenvalue weighted by Crippen LogP contribution is -2.62. The quantitative estimate of drug-likeness (QED) is 0.817. The smallest absolute Gasteiger partial charge is 0.223 e. The van der Waals surface area contributed by atoms with Crippen LogP contribution in [-0.4, -0.2) is 60.6 Å². The summed E-state index contributed by atoms with van der Waals surface area (Å²) in [4.78, 5) is 16.8. The Hall–Kier alpha value is -1.53. The lowest BCUT2D eigenvalue weighted by molar-refractivity contribution is -0.140. The molecule has 6 heteroatoms. The number of hydrogen-bond donors (Lipinski definition) is 0. The van der Waals surface area contributed by atoms with Crippen molar-refractivity contribution in [2.75, 3.05) is 32.8 Å². The van der Waals surface area contributed by atoms with Gasteiger partial charge in [0, 0.05) is 38.2 Å². The number of halogens is 2. The standard InChI is InChI=1S/C19H26F2N2O2/c1-2-3-16-12-25-13-17-11-22(8-9-23(16)17)19(24)7-5-14-4-6-15(20)10-18(14)21/h4,6,10,16-17H,2-3,5,7-9,11-13H2,1H3/t16-,17+/m0/s1. The van der Waals surface area contributed by atoms with E-state index in [0.29, 0.717) is 37.7 Å². The zero-order valence-electron chi connectivity index (χ0n) is 14.7. The number of morpholine rings is 1. The zero-order chi connectivity index (χ0) is 17.8. The second-order valence-corrected chi connectivity index (χ2v) is 6.95. The number of carbonyl (C=O) groups is 1. The molecule has 0 bridgehead atoms. The first-order valence-electron chi connectivity index (χ1n) is 9.13. The molecular weight excluding hydrogens is 326 g/mol. The van der Waals surface area contributed by atoms with Crippen LogP contribution in [0.4, 0.5) is 8.78 Å². The van der Waals surface area contributed by atoms with Gasteiger partial charge in [0.25, 0.3) is 0 Å². The summed E-state index contributed by atoms with van der Waals surface area (Å²) in [5.41, 5.74) is 0.386. The Morgan fingerprint density at radius 2 is 2.12 bits per heavy atom. The van der Waals surface area contributed by atoms with Gasteiger partial charge in [0.05, 0.1) is 19.3 Å². The number of aryl methyl sites for hydroxylation is 1. The lowest BCUT2D eigenvalue weighted by atomic mass is 10.0. The van der Waals surface area contributed by atoms with Gasteiger partial charge in [-0.25, -0.2) is 8.78 Å². The molecule has 0 radical (unpaired) electrons. The second-order valence-electron chi connectivity index (χ2n) is 6.95. The summed E-state index contributed by atoms with van der Waals surface area (Å²) in [6.07, 6.45) is 2.79. The van der Waals surface area contributed by atoms with E-state index in [0.717, 1.165) is 32.1 Å². The number of benzene rings is 1. The lowest BCUT2D eigenvalue weighted by Gasteiger charge is -2.48. The Morgan fingerprint density at radius 1 is 1.28 bits per heavy atom. The summed E-state index contributed by atoms with van der Waals surface area (Å²) in [6.45, 7) is 5.87. The van der Waals surface area contributed by atoms with Gasteiger partial charge < -0.3 is 9.64 Å². The highest BCUT2D eigenvalue weighted by Gasteiger charge is 2.36. The van der Waals surface area contributed by atoms with Crippen molar-refractivity contribution in [3.05, 3.63) is 35.4 Å². The van der Waals surface area contributed by atoms with Crippen LogP contribution in [0.2, 0.25) is 0 Å². The van der Waals surface area contributed by atoms with Gasteiger partial charge in [-0.05, 0) is 24.5 Å². The first-order chi connectivity index (χ1) is 12.1. The number of fused-ring (bicyclic) bond motifs is 1. The normalized spacial score (nSPS) is 24.2. The molecule has 138 valence electrons. The minimum absolute atomic E-state index is 0.0287. The van der Waals surface area contributed by atoms with Gasteiger partial charge in [0.2, 0.25) is 5.91 Å². The Morgan fingerprint density at radius 3 is 2.88 bits per heavy atom. The summed E-state index contributed by atoms with van der Waals surface area (Å²) in [5, 5.41) is 0. The van der Waals surface area contributed by atoms with Crippen LogP contribution < -0.4 is 0 Å². The fourth-order valence-electron chi connectivity index (χ4n) is 3.87. The third kappa shape index (κ3) is 4.36. The van der Waals surface area contributed by atoms with Crippen LogP contribution in [0.1, 0.15) is 31.7 Å². The fraction of sp³-hybridized carbons (Fsp3) is 0.632. The van der Waals surface area contributed by atoms with Crippen LogP contribution in [-0.2, 0) is 16.0 Å². The van der Waals surface area contributed by atoms with Gasteiger partial charge in [0.1, 0.15) is 11.6 Å². The predicted octanol–water partition coefficient (Wildman–Crippen LogP) is 2.61. The number of nitrogens with zero attached hydrogens (tertiary/aromatic N) is 2. The van der Waals surface area contributed by atoms with Crippen LogP contribution in [0.3, 0.4) is 0 Å². The van der Waals surface area contributed by atoms with Gasteiger partial charge >= 0.3 is 0 Å². The van der Waals surface area contributed by atoms with Gasteiger partial charge in [-0.3, -0.25) is 9.69 Å². The summed E-state index contributed by atoms with van der Waals surface area (Å²) < 4.78 is 32.4. The largest absolute Gasteiger partial charge is 0.378 e. The van der Waals surface area contributed by atoms with E-state index < -0.39 is 11.6 Å². The SMILES string of the molecule is CCC[C@H]1COC[C@H]2CN(C(=O)CCc3ccc(F)cc3F)CCN12. The van der Waals surface area contributed by atoms with E-state index >= 15 is 0 Å². The van der Waals surface area contributed by atoms with Gasteiger partial charge in [-0.2, -0.15) is 0 Å². The topological polar surface area (TPSA) is 32.8 Å². The predicted molar refractivity (Wildman–Crippen MR) is 91.3 cm³/mol. The number of ether oxygens (including phenoxy) is 1. The van der Waals surface area contributed by atoms with Gasteiger partial charge in [0.15, 0.2) is 0 Å². The number of hydrogen-bond acceptors (Lipinski definition) is 3. The average Bonchev–Trinajstić information content (AvgIpc) is 2.61. The molecule has 25 heavy (non-hydrogen) atoms. The maximum atomic E-state index is 13.7. The Labute approximate surface area is 147 Å². The number of rotatable bonds is 5. The molecular formula is C19H26F2N2O2. The van der Waals surface area contributed by atoms with Crippen molar-refractivity contribution in [3.63, 3.8) is 0 Å². The Balaban J connectivity index is 1.53. The van der Waals surface area contributed by atoms with Gasteiger partial charge in [-0.15, -0.1) is 0 Å². The van der Waals surface area contributed by atoms with Crippen molar-refractivity contribution in [3.8, 4) is 0 Å². The monoisotopic (exact) mass is 352 g/mol. The molecule has 3 rings (SSSR count). The highest BCUT2D eigenvalue weighted by Crippen LogP contribution is 2.22. The maximum Gasteiger partial charge on any atom is 0.223 e. The summed E-state index contributed by atoms with van der Waals surface area (Å²) >= 11 is 0.